The number of carbonyl (C=O) groups is 1. The van der Waals surface area contributed by atoms with E-state index in [-0.39, 0.29) is 5.91 Å². The molecule has 134 valence electrons. The van der Waals surface area contributed by atoms with Gasteiger partial charge in [-0.1, -0.05) is 62.4 Å². The molecule has 0 spiro atoms. The quantitative estimate of drug-likeness (QED) is 0.645. The number of benzene rings is 3. The molecule has 3 heteroatoms. The minimum absolute atomic E-state index is 0.144. The van der Waals surface area contributed by atoms with Crippen molar-refractivity contribution >= 4 is 22.4 Å². The van der Waals surface area contributed by atoms with Gasteiger partial charge in [-0.3, -0.25) is 4.79 Å². The van der Waals surface area contributed by atoms with Crippen molar-refractivity contribution in [1.82, 2.24) is 0 Å². The Morgan fingerprint density at radius 1 is 0.923 bits per heavy atom. The standard InChI is InChI=1S/C23H25NO2/c1-15(2)21-11-7-8-16(3)22(21)24-23(25)17(4)26-20-13-12-18-9-5-6-10-19(18)14-20/h5-15,17H,1-4H3,(H,24,25)/t17-/m0/s1. The van der Waals surface area contributed by atoms with Crippen molar-refractivity contribution in [3.63, 3.8) is 0 Å². The lowest BCUT2D eigenvalue weighted by Crippen LogP contribution is -2.30. The molecule has 3 aromatic rings. The van der Waals surface area contributed by atoms with Crippen LogP contribution in [0.2, 0.25) is 0 Å². The number of hydrogen-bond donors (Lipinski definition) is 1. The third-order valence-electron chi connectivity index (χ3n) is 4.58. The molecule has 0 unspecified atom stereocenters. The maximum atomic E-state index is 12.7. The molecule has 0 saturated heterocycles. The molecule has 26 heavy (non-hydrogen) atoms. The van der Waals surface area contributed by atoms with Crippen LogP contribution in [0.15, 0.2) is 60.7 Å². The number of para-hydroxylation sites is 1. The number of carbonyl (C=O) groups excluding carboxylic acids is 1. The van der Waals surface area contributed by atoms with Crippen LogP contribution in [0.25, 0.3) is 10.8 Å². The van der Waals surface area contributed by atoms with Crippen LogP contribution in [0.5, 0.6) is 5.75 Å². The van der Waals surface area contributed by atoms with Crippen LogP contribution in [-0.2, 0) is 4.79 Å². The third kappa shape index (κ3) is 3.88. The summed E-state index contributed by atoms with van der Waals surface area (Å²) in [6.07, 6.45) is -0.587. The Kier molecular flexibility index (Phi) is 5.27. The minimum atomic E-state index is -0.587. The first-order chi connectivity index (χ1) is 12.5. The molecule has 1 atom stereocenters. The molecule has 0 aliphatic carbocycles. The van der Waals surface area contributed by atoms with Gasteiger partial charge in [0.2, 0.25) is 0 Å². The molecular weight excluding hydrogens is 322 g/mol. The van der Waals surface area contributed by atoms with Gasteiger partial charge in [-0.25, -0.2) is 0 Å². The number of hydrogen-bond acceptors (Lipinski definition) is 2. The molecule has 3 rings (SSSR count). The minimum Gasteiger partial charge on any atom is -0.481 e. The van der Waals surface area contributed by atoms with Gasteiger partial charge in [0, 0.05) is 5.69 Å². The van der Waals surface area contributed by atoms with Gasteiger partial charge < -0.3 is 10.1 Å². The van der Waals surface area contributed by atoms with Gasteiger partial charge in [-0.05, 0) is 53.8 Å². The molecule has 0 aromatic heterocycles. The zero-order valence-electron chi connectivity index (χ0n) is 15.7. The number of fused-ring (bicyclic) bond motifs is 1. The number of ether oxygens (including phenoxy) is 1. The van der Waals surface area contributed by atoms with Crippen molar-refractivity contribution in [3.05, 3.63) is 71.8 Å². The van der Waals surface area contributed by atoms with Gasteiger partial charge in [-0.2, -0.15) is 0 Å². The average molecular weight is 347 g/mol. The SMILES string of the molecule is Cc1cccc(C(C)C)c1NC(=O)[C@H](C)Oc1ccc2ccccc2c1. The summed E-state index contributed by atoms with van der Waals surface area (Å²) in [6.45, 7) is 8.03. The highest BCUT2D eigenvalue weighted by molar-refractivity contribution is 5.95. The van der Waals surface area contributed by atoms with Crippen LogP contribution < -0.4 is 10.1 Å². The van der Waals surface area contributed by atoms with E-state index in [2.05, 4.69) is 31.3 Å². The molecule has 1 amide bonds. The summed E-state index contributed by atoms with van der Waals surface area (Å²) >= 11 is 0. The average Bonchev–Trinajstić information content (AvgIpc) is 2.63. The van der Waals surface area contributed by atoms with Gasteiger partial charge in [0.15, 0.2) is 6.10 Å². The fourth-order valence-corrected chi connectivity index (χ4v) is 3.07. The Labute approximate surface area is 155 Å². The monoisotopic (exact) mass is 347 g/mol. The largest absolute Gasteiger partial charge is 0.481 e. The van der Waals surface area contributed by atoms with Crippen molar-refractivity contribution in [2.75, 3.05) is 5.32 Å². The highest BCUT2D eigenvalue weighted by atomic mass is 16.5. The Morgan fingerprint density at radius 2 is 1.65 bits per heavy atom. The maximum absolute atomic E-state index is 12.7. The normalized spacial score (nSPS) is 12.2. The predicted octanol–water partition coefficient (Wildman–Crippen LogP) is 5.68. The highest BCUT2D eigenvalue weighted by Crippen LogP contribution is 2.28. The zero-order chi connectivity index (χ0) is 18.7. The maximum Gasteiger partial charge on any atom is 0.265 e. The molecule has 1 N–H and O–H groups in total. The van der Waals surface area contributed by atoms with Crippen LogP contribution in [-0.4, -0.2) is 12.0 Å². The fourth-order valence-electron chi connectivity index (χ4n) is 3.07. The fraction of sp³-hybridized carbons (Fsp3) is 0.261. The molecule has 0 radical (unpaired) electrons. The van der Waals surface area contributed by atoms with E-state index in [0.717, 1.165) is 27.6 Å². The predicted molar refractivity (Wildman–Crippen MR) is 108 cm³/mol. The van der Waals surface area contributed by atoms with E-state index in [0.29, 0.717) is 11.7 Å². The molecule has 3 aromatic carbocycles. The lowest BCUT2D eigenvalue weighted by molar-refractivity contribution is -0.122. The van der Waals surface area contributed by atoms with Gasteiger partial charge >= 0.3 is 0 Å². The summed E-state index contributed by atoms with van der Waals surface area (Å²) in [5, 5.41) is 5.30. The topological polar surface area (TPSA) is 38.3 Å². The van der Waals surface area contributed by atoms with E-state index in [1.165, 1.54) is 0 Å². The number of aryl methyl sites for hydroxylation is 1. The van der Waals surface area contributed by atoms with Crippen LogP contribution in [0, 0.1) is 6.92 Å². The molecule has 0 aliphatic heterocycles. The zero-order valence-corrected chi connectivity index (χ0v) is 15.7. The second-order valence-corrected chi connectivity index (χ2v) is 6.95. The summed E-state index contributed by atoms with van der Waals surface area (Å²) in [5.74, 6) is 0.886. The molecule has 0 bridgehead atoms. The summed E-state index contributed by atoms with van der Waals surface area (Å²) < 4.78 is 5.88. The lowest BCUT2D eigenvalue weighted by Gasteiger charge is -2.19. The Hall–Kier alpha value is -2.81. The van der Waals surface area contributed by atoms with Gasteiger partial charge in [0.05, 0.1) is 0 Å². The molecule has 0 heterocycles. The van der Waals surface area contributed by atoms with E-state index in [1.807, 2.05) is 55.5 Å². The summed E-state index contributed by atoms with van der Waals surface area (Å²) in [4.78, 5) is 12.7. The lowest BCUT2D eigenvalue weighted by atomic mass is 9.98. The summed E-state index contributed by atoms with van der Waals surface area (Å²) in [7, 11) is 0. The van der Waals surface area contributed by atoms with Crippen LogP contribution in [0.3, 0.4) is 0 Å². The van der Waals surface area contributed by atoms with E-state index in [9.17, 15) is 4.79 Å². The Morgan fingerprint density at radius 3 is 2.38 bits per heavy atom. The molecular formula is C23H25NO2. The van der Waals surface area contributed by atoms with E-state index in [4.69, 9.17) is 4.74 Å². The number of nitrogens with one attached hydrogen (secondary N) is 1. The number of rotatable bonds is 5. The van der Waals surface area contributed by atoms with Crippen molar-refractivity contribution in [2.24, 2.45) is 0 Å². The van der Waals surface area contributed by atoms with Crippen LogP contribution >= 0.6 is 0 Å². The second-order valence-electron chi connectivity index (χ2n) is 6.95. The molecule has 0 saturated carbocycles. The first kappa shape index (κ1) is 18.0. The molecule has 0 fully saturated rings. The van der Waals surface area contributed by atoms with E-state index in [1.54, 1.807) is 6.92 Å². The third-order valence-corrected chi connectivity index (χ3v) is 4.58. The molecule has 3 nitrogen and oxygen atoms in total. The first-order valence-electron chi connectivity index (χ1n) is 9.01. The van der Waals surface area contributed by atoms with Gasteiger partial charge in [-0.15, -0.1) is 0 Å². The van der Waals surface area contributed by atoms with Crippen molar-refractivity contribution < 1.29 is 9.53 Å². The summed E-state index contributed by atoms with van der Waals surface area (Å²) in [5.41, 5.74) is 3.08. The van der Waals surface area contributed by atoms with Gasteiger partial charge in [0.25, 0.3) is 5.91 Å². The Bertz CT molecular complexity index is 930. The van der Waals surface area contributed by atoms with Crippen LogP contribution in [0.4, 0.5) is 5.69 Å². The highest BCUT2D eigenvalue weighted by Gasteiger charge is 2.18. The smallest absolute Gasteiger partial charge is 0.265 e. The number of anilines is 1. The first-order valence-corrected chi connectivity index (χ1v) is 9.01. The molecule has 0 aliphatic rings. The van der Waals surface area contributed by atoms with Crippen molar-refractivity contribution in [1.29, 1.82) is 0 Å². The summed E-state index contributed by atoms with van der Waals surface area (Å²) in [6, 6.07) is 20.1. The Balaban J connectivity index is 1.76. The van der Waals surface area contributed by atoms with Crippen molar-refractivity contribution in [3.8, 4) is 5.75 Å². The van der Waals surface area contributed by atoms with E-state index < -0.39 is 6.10 Å². The van der Waals surface area contributed by atoms with Gasteiger partial charge in [0.1, 0.15) is 5.75 Å². The second kappa shape index (κ2) is 7.61. The van der Waals surface area contributed by atoms with Crippen LogP contribution in [0.1, 0.15) is 37.8 Å². The van der Waals surface area contributed by atoms with E-state index >= 15 is 0 Å². The van der Waals surface area contributed by atoms with Crippen molar-refractivity contribution in [2.45, 2.75) is 39.7 Å². The number of amides is 1.